The summed E-state index contributed by atoms with van der Waals surface area (Å²) >= 11 is 0. The summed E-state index contributed by atoms with van der Waals surface area (Å²) in [4.78, 5) is 16.8. The van der Waals surface area contributed by atoms with Crippen LogP contribution in [0, 0.1) is 0 Å². The van der Waals surface area contributed by atoms with Crippen LogP contribution in [0.2, 0.25) is 0 Å². The van der Waals surface area contributed by atoms with Crippen LogP contribution in [-0.4, -0.2) is 48.4 Å². The molecule has 2 heterocycles. The molecule has 1 aliphatic rings. The molecular weight excluding hydrogens is 428 g/mol. The van der Waals surface area contributed by atoms with Crippen molar-refractivity contribution in [2.45, 2.75) is 37.0 Å². The Hall–Kier alpha value is -3.04. The molecule has 0 saturated carbocycles. The van der Waals surface area contributed by atoms with Gasteiger partial charge in [-0.3, -0.25) is 4.79 Å². The topological polar surface area (TPSA) is 105 Å². The summed E-state index contributed by atoms with van der Waals surface area (Å²) in [7, 11) is -3.50. The third kappa shape index (κ3) is 4.89. The molecule has 1 atom stereocenters. The molecule has 168 valence electrons. The van der Waals surface area contributed by atoms with E-state index >= 15 is 0 Å². The number of amides is 1. The van der Waals surface area contributed by atoms with E-state index in [1.54, 1.807) is 12.1 Å². The minimum atomic E-state index is -3.50. The molecule has 1 aromatic heterocycles. The number of sulfonamides is 1. The zero-order valence-electron chi connectivity index (χ0n) is 17.9. The number of hydrogen-bond donors (Lipinski definition) is 1. The summed E-state index contributed by atoms with van der Waals surface area (Å²) in [5.41, 5.74) is 1.70. The lowest BCUT2D eigenvalue weighted by molar-refractivity contribution is 0.0908. The molecular formula is C23H26N4O4S. The number of carbonyl (C=O) groups is 1. The second-order valence-corrected chi connectivity index (χ2v) is 9.87. The Kier molecular flexibility index (Phi) is 6.66. The Morgan fingerprint density at radius 1 is 1.06 bits per heavy atom. The fraction of sp³-hybridized carbons (Fsp3) is 0.348. The number of carbonyl (C=O) groups excluding carboxylic acids is 1. The van der Waals surface area contributed by atoms with Gasteiger partial charge in [-0.1, -0.05) is 48.8 Å². The van der Waals surface area contributed by atoms with E-state index in [0.717, 1.165) is 24.8 Å². The van der Waals surface area contributed by atoms with Crippen LogP contribution in [-0.2, 0) is 10.0 Å². The molecule has 0 aliphatic carbocycles. The first-order valence-corrected chi connectivity index (χ1v) is 12.2. The van der Waals surface area contributed by atoms with Gasteiger partial charge in [0, 0.05) is 25.2 Å². The first-order valence-electron chi connectivity index (χ1n) is 10.7. The van der Waals surface area contributed by atoms with Gasteiger partial charge in [0.2, 0.25) is 15.8 Å². The van der Waals surface area contributed by atoms with Gasteiger partial charge in [-0.2, -0.15) is 9.29 Å². The lowest BCUT2D eigenvalue weighted by atomic mass is 10.0. The molecule has 0 unspecified atom stereocenters. The molecule has 0 radical (unpaired) electrons. The Morgan fingerprint density at radius 3 is 2.44 bits per heavy atom. The number of rotatable bonds is 7. The van der Waals surface area contributed by atoms with Crippen LogP contribution in [0.25, 0.3) is 11.4 Å². The highest BCUT2D eigenvalue weighted by molar-refractivity contribution is 7.89. The molecule has 0 spiro atoms. The number of piperidine rings is 1. The molecule has 1 saturated heterocycles. The molecule has 1 N–H and O–H groups in total. The molecule has 4 rings (SSSR count). The van der Waals surface area contributed by atoms with E-state index in [1.807, 2.05) is 37.3 Å². The average Bonchev–Trinajstić information content (AvgIpc) is 3.34. The Balaban J connectivity index is 1.40. The first kappa shape index (κ1) is 22.2. The van der Waals surface area contributed by atoms with Crippen molar-refractivity contribution >= 4 is 15.9 Å². The smallest absolute Gasteiger partial charge is 0.316 e. The van der Waals surface area contributed by atoms with Crippen LogP contribution in [0.3, 0.4) is 0 Å². The van der Waals surface area contributed by atoms with Crippen molar-refractivity contribution in [2.24, 2.45) is 0 Å². The zero-order chi connectivity index (χ0) is 22.6. The largest absolute Gasteiger partial charge is 0.347 e. The molecule has 1 fully saturated rings. The van der Waals surface area contributed by atoms with Gasteiger partial charge in [0.1, 0.15) is 0 Å². The molecule has 0 bridgehead atoms. The van der Waals surface area contributed by atoms with Gasteiger partial charge in [-0.25, -0.2) is 8.42 Å². The van der Waals surface area contributed by atoms with Crippen LogP contribution < -0.4 is 5.32 Å². The molecule has 1 aliphatic heterocycles. The van der Waals surface area contributed by atoms with Crippen molar-refractivity contribution in [1.82, 2.24) is 19.8 Å². The second kappa shape index (κ2) is 9.62. The minimum absolute atomic E-state index is 0.134. The van der Waals surface area contributed by atoms with E-state index in [-0.39, 0.29) is 22.5 Å². The van der Waals surface area contributed by atoms with E-state index in [1.165, 1.54) is 16.4 Å². The van der Waals surface area contributed by atoms with Crippen molar-refractivity contribution in [3.8, 4) is 11.4 Å². The van der Waals surface area contributed by atoms with Crippen molar-refractivity contribution < 1.29 is 17.7 Å². The summed E-state index contributed by atoms with van der Waals surface area (Å²) < 4.78 is 32.2. The summed E-state index contributed by atoms with van der Waals surface area (Å²) in [5, 5.41) is 6.68. The summed E-state index contributed by atoms with van der Waals surface area (Å²) in [6.07, 6.45) is 2.83. The number of nitrogens with zero attached hydrogens (tertiary/aromatic N) is 3. The van der Waals surface area contributed by atoms with E-state index in [0.29, 0.717) is 25.2 Å². The van der Waals surface area contributed by atoms with Crippen LogP contribution in [0.5, 0.6) is 0 Å². The van der Waals surface area contributed by atoms with Crippen molar-refractivity contribution in [1.29, 1.82) is 0 Å². The fourth-order valence-corrected chi connectivity index (χ4v) is 5.20. The van der Waals surface area contributed by atoms with Gasteiger partial charge in [-0.05, 0) is 48.6 Å². The van der Waals surface area contributed by atoms with Gasteiger partial charge in [0.25, 0.3) is 0 Å². The average molecular weight is 455 g/mol. The highest BCUT2D eigenvalue weighted by Crippen LogP contribution is 2.23. The Labute approximate surface area is 187 Å². The maximum atomic E-state index is 12.8. The van der Waals surface area contributed by atoms with E-state index < -0.39 is 15.9 Å². The third-order valence-corrected chi connectivity index (χ3v) is 7.54. The van der Waals surface area contributed by atoms with Crippen LogP contribution in [0.4, 0.5) is 0 Å². The first-order chi connectivity index (χ1) is 15.4. The summed E-state index contributed by atoms with van der Waals surface area (Å²) in [6.45, 7) is 3.56. The highest BCUT2D eigenvalue weighted by Gasteiger charge is 2.26. The molecule has 3 aromatic rings. The Bertz CT molecular complexity index is 1150. The normalized spacial score (nSPS) is 15.9. The van der Waals surface area contributed by atoms with Crippen LogP contribution >= 0.6 is 0 Å². The van der Waals surface area contributed by atoms with Gasteiger partial charge in [0.05, 0.1) is 4.90 Å². The van der Waals surface area contributed by atoms with Gasteiger partial charge in [0.15, 0.2) is 0 Å². The van der Waals surface area contributed by atoms with Crippen molar-refractivity contribution in [3.63, 3.8) is 0 Å². The van der Waals surface area contributed by atoms with Gasteiger partial charge in [-0.15, -0.1) is 0 Å². The Morgan fingerprint density at radius 2 is 1.75 bits per heavy atom. The van der Waals surface area contributed by atoms with Crippen LogP contribution in [0.15, 0.2) is 64.0 Å². The van der Waals surface area contributed by atoms with Gasteiger partial charge < -0.3 is 9.84 Å². The summed E-state index contributed by atoms with van der Waals surface area (Å²) in [6, 6.07) is 16.2. The molecule has 9 heteroatoms. The number of benzene rings is 2. The van der Waals surface area contributed by atoms with E-state index in [4.69, 9.17) is 4.52 Å². The zero-order valence-corrected chi connectivity index (χ0v) is 18.7. The third-order valence-electron chi connectivity index (χ3n) is 5.62. The molecule has 8 nitrogen and oxygen atoms in total. The monoisotopic (exact) mass is 454 g/mol. The van der Waals surface area contributed by atoms with E-state index in [2.05, 4.69) is 15.5 Å². The highest BCUT2D eigenvalue weighted by atomic mass is 32.2. The predicted molar refractivity (Wildman–Crippen MR) is 120 cm³/mol. The predicted octanol–water partition coefficient (Wildman–Crippen LogP) is 3.44. The standard InChI is InChI=1S/C23H26N4O4S/c1-17(18-8-4-2-5-9-18)16-24-22(28)23-25-21(26-31-23)19-10-12-20(13-11-19)32(29,30)27-14-6-3-7-15-27/h2,4-5,8-13,17H,3,6-7,14-16H2,1H3,(H,24,28)/t17-/m0/s1. The lowest BCUT2D eigenvalue weighted by Gasteiger charge is -2.25. The number of aromatic nitrogens is 2. The van der Waals surface area contributed by atoms with Crippen molar-refractivity contribution in [3.05, 3.63) is 66.1 Å². The lowest BCUT2D eigenvalue weighted by Crippen LogP contribution is -2.35. The van der Waals surface area contributed by atoms with Gasteiger partial charge >= 0.3 is 11.8 Å². The fourth-order valence-electron chi connectivity index (χ4n) is 3.68. The minimum Gasteiger partial charge on any atom is -0.347 e. The molecule has 32 heavy (non-hydrogen) atoms. The summed E-state index contributed by atoms with van der Waals surface area (Å²) in [5.74, 6) is -0.216. The maximum Gasteiger partial charge on any atom is 0.316 e. The molecule has 1 amide bonds. The number of nitrogens with one attached hydrogen (secondary N) is 1. The van der Waals surface area contributed by atoms with Crippen molar-refractivity contribution in [2.75, 3.05) is 19.6 Å². The number of hydrogen-bond acceptors (Lipinski definition) is 6. The molecule has 2 aromatic carbocycles. The SMILES string of the molecule is C[C@@H](CNC(=O)c1nc(-c2ccc(S(=O)(=O)N3CCCCC3)cc2)no1)c1ccccc1. The quantitative estimate of drug-likeness (QED) is 0.586. The van der Waals surface area contributed by atoms with E-state index in [9.17, 15) is 13.2 Å². The van der Waals surface area contributed by atoms with Crippen LogP contribution in [0.1, 0.15) is 48.4 Å². The maximum absolute atomic E-state index is 12.8. The second-order valence-electron chi connectivity index (χ2n) is 7.93.